The molecule has 2 unspecified atom stereocenters. The predicted octanol–water partition coefficient (Wildman–Crippen LogP) is 0.644. The highest BCUT2D eigenvalue weighted by Crippen LogP contribution is 2.38. The summed E-state index contributed by atoms with van der Waals surface area (Å²) < 4.78 is 17.7. The summed E-state index contributed by atoms with van der Waals surface area (Å²) in [6.45, 7) is 0.968. The molecule has 2 N–H and O–H groups in total. The number of benzene rings is 1. The number of carbonyl (C=O) groups excluding carboxylic acids is 1. The van der Waals surface area contributed by atoms with Crippen LogP contribution in [0.3, 0.4) is 0 Å². The van der Waals surface area contributed by atoms with Crippen molar-refractivity contribution in [3.8, 4) is 0 Å². The minimum atomic E-state index is -1.19. The van der Waals surface area contributed by atoms with E-state index in [1.165, 1.54) is 19.1 Å². The number of carbonyl (C=O) groups is 1. The van der Waals surface area contributed by atoms with Gasteiger partial charge < -0.3 is 14.9 Å². The van der Waals surface area contributed by atoms with Crippen LogP contribution in [0.4, 0.5) is 4.39 Å². The molecule has 0 spiro atoms. The molecule has 2 atom stereocenters. The Hall–Kier alpha value is -1.50. The van der Waals surface area contributed by atoms with Crippen molar-refractivity contribution in [3.63, 3.8) is 0 Å². The molecule has 0 saturated carbocycles. The maximum Gasteiger partial charge on any atom is 0.303 e. The molecular formula is C11H12FNO4. The molecule has 1 aliphatic heterocycles. The zero-order chi connectivity index (χ0) is 12.6. The smallest absolute Gasteiger partial charge is 0.303 e. The van der Waals surface area contributed by atoms with Crippen molar-refractivity contribution in [2.24, 2.45) is 0 Å². The van der Waals surface area contributed by atoms with E-state index in [0.717, 1.165) is 11.0 Å². The van der Waals surface area contributed by atoms with Gasteiger partial charge in [0.1, 0.15) is 25.0 Å². The van der Waals surface area contributed by atoms with Crippen LogP contribution in [0, 0.1) is 5.82 Å². The number of fused-ring (bicyclic) bond motifs is 1. The van der Waals surface area contributed by atoms with Gasteiger partial charge in [0.05, 0.1) is 0 Å². The van der Waals surface area contributed by atoms with Crippen LogP contribution in [0.15, 0.2) is 18.2 Å². The van der Waals surface area contributed by atoms with Gasteiger partial charge in [-0.15, -0.1) is 0 Å². The molecule has 92 valence electrons. The highest BCUT2D eigenvalue weighted by molar-refractivity contribution is 5.65. The molecule has 0 fully saturated rings. The van der Waals surface area contributed by atoms with Gasteiger partial charge in [0.2, 0.25) is 0 Å². The zero-order valence-electron chi connectivity index (χ0n) is 9.13. The quantitative estimate of drug-likeness (QED) is 0.744. The molecule has 1 aromatic carbocycles. The summed E-state index contributed by atoms with van der Waals surface area (Å²) in [6, 6.07) is 3.74. The fraction of sp³-hybridized carbons (Fsp3) is 0.364. The molecule has 6 heteroatoms. The van der Waals surface area contributed by atoms with Gasteiger partial charge in [-0.05, 0) is 12.1 Å². The summed E-state index contributed by atoms with van der Waals surface area (Å²) in [6.07, 6.45) is -2.30. The second kappa shape index (κ2) is 4.40. The van der Waals surface area contributed by atoms with Gasteiger partial charge in [0.15, 0.2) is 0 Å². The molecule has 0 aromatic heterocycles. The van der Waals surface area contributed by atoms with Crippen molar-refractivity contribution >= 4 is 5.97 Å². The Labute approximate surface area is 97.0 Å². The number of aliphatic hydroxyl groups is 2. The second-order valence-corrected chi connectivity index (χ2v) is 3.80. The summed E-state index contributed by atoms with van der Waals surface area (Å²) in [7, 11) is 0. The average molecular weight is 241 g/mol. The fourth-order valence-corrected chi connectivity index (χ4v) is 1.80. The van der Waals surface area contributed by atoms with Crippen LogP contribution in [-0.2, 0) is 9.53 Å². The maximum absolute atomic E-state index is 13.0. The lowest BCUT2D eigenvalue weighted by Gasteiger charge is -2.22. The molecule has 5 nitrogen and oxygen atoms in total. The van der Waals surface area contributed by atoms with Gasteiger partial charge in [-0.25, -0.2) is 9.29 Å². The van der Waals surface area contributed by atoms with Crippen molar-refractivity contribution in [2.45, 2.75) is 19.4 Å². The van der Waals surface area contributed by atoms with Crippen LogP contribution in [0.25, 0.3) is 0 Å². The first-order valence-corrected chi connectivity index (χ1v) is 5.05. The summed E-state index contributed by atoms with van der Waals surface area (Å²) in [5.41, 5.74) is 0.690. The van der Waals surface area contributed by atoms with Gasteiger partial charge in [0, 0.05) is 18.1 Å². The minimum Gasteiger partial charge on any atom is -0.450 e. The van der Waals surface area contributed by atoms with Gasteiger partial charge >= 0.3 is 5.97 Å². The standard InChI is InChI=1S/C11H12FNO4/c1-6(14)17-5-13-10(15)8-3-2-7(12)4-9(8)11(13)16/h2-4,10-11,15-16H,5H2,1H3. The van der Waals surface area contributed by atoms with Crippen LogP contribution in [0.1, 0.15) is 30.5 Å². The lowest BCUT2D eigenvalue weighted by molar-refractivity contribution is -0.165. The first-order valence-electron chi connectivity index (χ1n) is 5.05. The van der Waals surface area contributed by atoms with Crippen molar-refractivity contribution in [3.05, 3.63) is 35.1 Å². The number of rotatable bonds is 2. The van der Waals surface area contributed by atoms with E-state index in [1.807, 2.05) is 0 Å². The first kappa shape index (κ1) is 12.0. The van der Waals surface area contributed by atoms with Crippen LogP contribution < -0.4 is 0 Å². The highest BCUT2D eigenvalue weighted by atomic mass is 19.1. The molecule has 0 bridgehead atoms. The number of hydrogen-bond donors (Lipinski definition) is 2. The van der Waals surface area contributed by atoms with Crippen molar-refractivity contribution < 1.29 is 24.1 Å². The normalized spacial score (nSPS) is 23.5. The molecule has 0 saturated heterocycles. The largest absolute Gasteiger partial charge is 0.450 e. The summed E-state index contributed by atoms with van der Waals surface area (Å²) in [5, 5.41) is 19.7. The van der Waals surface area contributed by atoms with Gasteiger partial charge in [-0.3, -0.25) is 4.79 Å². The summed E-state index contributed by atoms with van der Waals surface area (Å²) >= 11 is 0. The van der Waals surface area contributed by atoms with E-state index in [9.17, 15) is 19.4 Å². The number of hydrogen-bond acceptors (Lipinski definition) is 5. The molecule has 1 aromatic rings. The van der Waals surface area contributed by atoms with E-state index in [1.54, 1.807) is 0 Å². The molecule has 0 amide bonds. The van der Waals surface area contributed by atoms with E-state index in [0.29, 0.717) is 5.56 Å². The lowest BCUT2D eigenvalue weighted by Crippen LogP contribution is -2.29. The third-order valence-electron chi connectivity index (χ3n) is 2.65. The summed E-state index contributed by atoms with van der Waals surface area (Å²) in [4.78, 5) is 11.8. The molecule has 0 aliphatic carbocycles. The van der Waals surface area contributed by atoms with E-state index in [4.69, 9.17) is 4.74 Å². The Morgan fingerprint density at radius 2 is 2.06 bits per heavy atom. The number of aliphatic hydroxyl groups excluding tert-OH is 2. The van der Waals surface area contributed by atoms with E-state index in [-0.39, 0.29) is 12.3 Å². The van der Waals surface area contributed by atoms with Crippen molar-refractivity contribution in [1.29, 1.82) is 0 Å². The predicted molar refractivity (Wildman–Crippen MR) is 54.8 cm³/mol. The third kappa shape index (κ3) is 2.14. The van der Waals surface area contributed by atoms with Crippen LogP contribution in [0.5, 0.6) is 0 Å². The van der Waals surface area contributed by atoms with Gasteiger partial charge in [0.25, 0.3) is 0 Å². The zero-order valence-corrected chi connectivity index (χ0v) is 9.13. The second-order valence-electron chi connectivity index (χ2n) is 3.80. The first-order chi connectivity index (χ1) is 8.00. The van der Waals surface area contributed by atoms with Gasteiger partial charge in [-0.2, -0.15) is 0 Å². The Morgan fingerprint density at radius 1 is 1.41 bits per heavy atom. The summed E-state index contributed by atoms with van der Waals surface area (Å²) in [5.74, 6) is -1.02. The number of esters is 1. The Morgan fingerprint density at radius 3 is 2.71 bits per heavy atom. The van der Waals surface area contributed by atoms with Gasteiger partial charge in [-0.1, -0.05) is 6.07 Å². The number of ether oxygens (including phenoxy) is 1. The molecule has 0 radical (unpaired) electrons. The topological polar surface area (TPSA) is 70.0 Å². The van der Waals surface area contributed by atoms with Crippen molar-refractivity contribution in [1.82, 2.24) is 4.90 Å². The molecule has 17 heavy (non-hydrogen) atoms. The van der Waals surface area contributed by atoms with E-state index < -0.39 is 24.2 Å². The van der Waals surface area contributed by atoms with E-state index >= 15 is 0 Å². The SMILES string of the molecule is CC(=O)OCN1C(O)c2ccc(F)cc2C1O. The molecule has 1 aliphatic rings. The Balaban J connectivity index is 2.22. The van der Waals surface area contributed by atoms with Crippen LogP contribution >= 0.6 is 0 Å². The number of nitrogens with zero attached hydrogens (tertiary/aromatic N) is 1. The monoisotopic (exact) mass is 241 g/mol. The Kier molecular flexibility index (Phi) is 3.10. The highest BCUT2D eigenvalue weighted by Gasteiger charge is 2.37. The molecular weight excluding hydrogens is 229 g/mol. The average Bonchev–Trinajstić information content (AvgIpc) is 2.49. The third-order valence-corrected chi connectivity index (χ3v) is 2.65. The van der Waals surface area contributed by atoms with Crippen LogP contribution in [-0.4, -0.2) is 27.8 Å². The molecule has 1 heterocycles. The van der Waals surface area contributed by atoms with Crippen LogP contribution in [0.2, 0.25) is 0 Å². The van der Waals surface area contributed by atoms with Crippen molar-refractivity contribution in [2.75, 3.05) is 6.73 Å². The minimum absolute atomic E-state index is 0.256. The Bertz CT molecular complexity index is 451. The fourth-order valence-electron chi connectivity index (χ4n) is 1.80. The number of halogens is 1. The molecule has 2 rings (SSSR count). The van der Waals surface area contributed by atoms with E-state index in [2.05, 4.69) is 0 Å². The maximum atomic E-state index is 13.0. The lowest BCUT2D eigenvalue weighted by atomic mass is 10.1.